The molecule has 2 aromatic heterocycles. The highest BCUT2D eigenvalue weighted by atomic mass is 16.2. The molecule has 24 heavy (non-hydrogen) atoms. The molecule has 1 unspecified atom stereocenters. The number of rotatable bonds is 6. The van der Waals surface area contributed by atoms with E-state index in [0.717, 1.165) is 17.8 Å². The summed E-state index contributed by atoms with van der Waals surface area (Å²) in [6.45, 7) is 4.60. The van der Waals surface area contributed by atoms with Gasteiger partial charge in [-0.15, -0.1) is 0 Å². The Morgan fingerprint density at radius 2 is 2.29 bits per heavy atom. The lowest BCUT2D eigenvalue weighted by molar-refractivity contribution is 0.193. The van der Waals surface area contributed by atoms with Crippen molar-refractivity contribution >= 4 is 6.03 Å². The van der Waals surface area contributed by atoms with E-state index in [-0.39, 0.29) is 12.1 Å². The zero-order valence-corrected chi connectivity index (χ0v) is 14.6. The van der Waals surface area contributed by atoms with E-state index in [1.54, 1.807) is 4.90 Å². The maximum Gasteiger partial charge on any atom is 0.317 e. The van der Waals surface area contributed by atoms with E-state index >= 15 is 0 Å². The number of carbonyl (C=O) groups excluding carboxylic acids is 1. The first kappa shape index (κ1) is 16.5. The topological polar surface area (TPSA) is 63.1 Å². The van der Waals surface area contributed by atoms with Gasteiger partial charge in [0.1, 0.15) is 0 Å². The van der Waals surface area contributed by atoms with Crippen LogP contribution in [0.1, 0.15) is 42.8 Å². The van der Waals surface area contributed by atoms with E-state index < -0.39 is 0 Å². The number of amides is 2. The first-order valence-electron chi connectivity index (χ1n) is 8.47. The fourth-order valence-corrected chi connectivity index (χ4v) is 2.79. The molecule has 0 aliphatic heterocycles. The highest BCUT2D eigenvalue weighted by Crippen LogP contribution is 2.35. The molecule has 1 atom stereocenters. The molecule has 2 heterocycles. The van der Waals surface area contributed by atoms with Crippen molar-refractivity contribution in [1.82, 2.24) is 24.8 Å². The number of urea groups is 1. The lowest BCUT2D eigenvalue weighted by Gasteiger charge is -2.25. The van der Waals surface area contributed by atoms with E-state index in [1.807, 2.05) is 38.8 Å². The Labute approximate surface area is 142 Å². The van der Waals surface area contributed by atoms with Gasteiger partial charge in [0, 0.05) is 43.6 Å². The maximum absolute atomic E-state index is 12.4. The molecule has 1 N–H and O–H groups in total. The molecule has 0 aromatic carbocycles. The van der Waals surface area contributed by atoms with Crippen LogP contribution in [0.15, 0.2) is 30.9 Å². The number of nitrogens with zero attached hydrogens (tertiary/aromatic N) is 4. The van der Waals surface area contributed by atoms with Crippen LogP contribution in [0.4, 0.5) is 4.79 Å². The molecule has 6 heteroatoms. The van der Waals surface area contributed by atoms with Crippen LogP contribution in [0, 0.1) is 6.92 Å². The van der Waals surface area contributed by atoms with Crippen molar-refractivity contribution in [1.29, 1.82) is 0 Å². The Hall–Kier alpha value is -2.37. The van der Waals surface area contributed by atoms with E-state index in [4.69, 9.17) is 0 Å². The van der Waals surface area contributed by atoms with E-state index in [1.165, 1.54) is 18.4 Å². The zero-order valence-electron chi connectivity index (χ0n) is 14.6. The molecule has 2 aromatic rings. The van der Waals surface area contributed by atoms with Crippen molar-refractivity contribution in [2.24, 2.45) is 0 Å². The van der Waals surface area contributed by atoms with Gasteiger partial charge in [-0.3, -0.25) is 4.98 Å². The Bertz CT molecular complexity index is 707. The molecule has 0 spiro atoms. The number of nitrogens with one attached hydrogen (secondary N) is 1. The van der Waals surface area contributed by atoms with Gasteiger partial charge in [0.25, 0.3) is 0 Å². The highest BCUT2D eigenvalue weighted by Gasteiger charge is 2.25. The van der Waals surface area contributed by atoms with E-state index in [2.05, 4.69) is 32.8 Å². The smallest absolute Gasteiger partial charge is 0.317 e. The van der Waals surface area contributed by atoms with Gasteiger partial charge in [-0.2, -0.15) is 0 Å². The van der Waals surface area contributed by atoms with Gasteiger partial charge in [0.15, 0.2) is 0 Å². The quantitative estimate of drug-likeness (QED) is 0.887. The highest BCUT2D eigenvalue weighted by molar-refractivity contribution is 5.74. The fourth-order valence-electron chi connectivity index (χ4n) is 2.79. The number of carbonyl (C=O) groups is 1. The minimum absolute atomic E-state index is 0.0706. The van der Waals surface area contributed by atoms with E-state index in [0.29, 0.717) is 12.6 Å². The average Bonchev–Trinajstić information content (AvgIpc) is 3.30. The summed E-state index contributed by atoms with van der Waals surface area (Å²) >= 11 is 0. The monoisotopic (exact) mass is 327 g/mol. The summed E-state index contributed by atoms with van der Waals surface area (Å²) in [5.41, 5.74) is 3.26. The van der Waals surface area contributed by atoms with E-state index in [9.17, 15) is 4.79 Å². The van der Waals surface area contributed by atoms with Crippen molar-refractivity contribution in [3.8, 4) is 0 Å². The predicted molar refractivity (Wildman–Crippen MR) is 92.6 cm³/mol. The molecule has 1 aliphatic rings. The third-order valence-electron chi connectivity index (χ3n) is 4.57. The molecular weight excluding hydrogens is 302 g/mol. The van der Waals surface area contributed by atoms with Crippen molar-refractivity contribution in [3.05, 3.63) is 47.8 Å². The van der Waals surface area contributed by atoms with Crippen LogP contribution < -0.4 is 5.32 Å². The summed E-state index contributed by atoms with van der Waals surface area (Å²) in [4.78, 5) is 22.7. The summed E-state index contributed by atoms with van der Waals surface area (Å²) in [6, 6.07) is 4.62. The molecule has 2 amide bonds. The second-order valence-electron chi connectivity index (χ2n) is 6.67. The Kier molecular flexibility index (Phi) is 4.83. The number of hydrogen-bond acceptors (Lipinski definition) is 3. The average molecular weight is 327 g/mol. The van der Waals surface area contributed by atoms with Gasteiger partial charge in [0.05, 0.1) is 18.6 Å². The van der Waals surface area contributed by atoms with Gasteiger partial charge in [-0.25, -0.2) is 9.78 Å². The summed E-state index contributed by atoms with van der Waals surface area (Å²) in [7, 11) is 1.83. The summed E-state index contributed by atoms with van der Waals surface area (Å²) < 4.78 is 2.17. The van der Waals surface area contributed by atoms with Crippen molar-refractivity contribution in [2.45, 2.75) is 51.7 Å². The number of pyridine rings is 1. The second kappa shape index (κ2) is 7.03. The Morgan fingerprint density at radius 3 is 3.00 bits per heavy atom. The van der Waals surface area contributed by atoms with Crippen molar-refractivity contribution < 1.29 is 4.79 Å². The number of likely N-dealkylation sites (N-methyl/N-ethyl adjacent to an activating group) is 1. The van der Waals surface area contributed by atoms with Crippen LogP contribution in [-0.2, 0) is 13.0 Å². The first-order valence-corrected chi connectivity index (χ1v) is 8.47. The van der Waals surface area contributed by atoms with Crippen LogP contribution >= 0.6 is 0 Å². The number of aromatic nitrogens is 3. The van der Waals surface area contributed by atoms with Crippen molar-refractivity contribution in [2.75, 3.05) is 7.05 Å². The van der Waals surface area contributed by atoms with Crippen LogP contribution in [0.25, 0.3) is 0 Å². The summed E-state index contributed by atoms with van der Waals surface area (Å²) in [5, 5.41) is 2.99. The Balaban J connectivity index is 1.53. The Morgan fingerprint density at radius 1 is 1.50 bits per heavy atom. The molecule has 0 saturated heterocycles. The normalized spacial score (nSPS) is 15.1. The SMILES string of the molecule is Cc1ccnc(CC(C)N(C)C(=O)NCc2cncn2C2CC2)c1. The molecule has 0 bridgehead atoms. The predicted octanol–water partition coefficient (Wildman–Crippen LogP) is 2.69. The van der Waals surface area contributed by atoms with Gasteiger partial charge in [-0.1, -0.05) is 0 Å². The summed E-state index contributed by atoms with van der Waals surface area (Å²) in [6.07, 6.45) is 8.66. The molecule has 6 nitrogen and oxygen atoms in total. The lowest BCUT2D eigenvalue weighted by Crippen LogP contribution is -2.43. The molecule has 3 rings (SSSR count). The van der Waals surface area contributed by atoms with Crippen molar-refractivity contribution in [3.63, 3.8) is 0 Å². The van der Waals surface area contributed by atoms with Gasteiger partial charge in [0.2, 0.25) is 0 Å². The summed E-state index contributed by atoms with van der Waals surface area (Å²) in [5.74, 6) is 0. The van der Waals surface area contributed by atoms with Crippen LogP contribution in [0.2, 0.25) is 0 Å². The van der Waals surface area contributed by atoms with Gasteiger partial charge >= 0.3 is 6.03 Å². The van der Waals surface area contributed by atoms with Gasteiger partial charge < -0.3 is 14.8 Å². The molecule has 1 aliphatic carbocycles. The lowest BCUT2D eigenvalue weighted by atomic mass is 10.1. The first-order chi connectivity index (χ1) is 11.5. The van der Waals surface area contributed by atoms with Crippen LogP contribution in [-0.4, -0.2) is 38.6 Å². The van der Waals surface area contributed by atoms with Crippen LogP contribution in [0.5, 0.6) is 0 Å². The number of aryl methyl sites for hydroxylation is 1. The largest absolute Gasteiger partial charge is 0.332 e. The third kappa shape index (κ3) is 3.93. The molecule has 0 radical (unpaired) electrons. The molecule has 128 valence electrons. The molecule has 1 fully saturated rings. The second-order valence-corrected chi connectivity index (χ2v) is 6.67. The fraction of sp³-hybridized carbons (Fsp3) is 0.500. The standard InChI is InChI=1S/C18H25N5O/c1-13-6-7-20-15(8-13)9-14(2)22(3)18(24)21-11-17-10-19-12-23(17)16-4-5-16/h6-8,10,12,14,16H,4-5,9,11H2,1-3H3,(H,21,24). The van der Waals surface area contributed by atoms with Gasteiger partial charge in [-0.05, 0) is 44.4 Å². The number of hydrogen-bond donors (Lipinski definition) is 1. The zero-order chi connectivity index (χ0) is 17.1. The number of imidazole rings is 1. The molecular formula is C18H25N5O. The minimum atomic E-state index is -0.0706. The third-order valence-corrected chi connectivity index (χ3v) is 4.57. The minimum Gasteiger partial charge on any atom is -0.332 e. The van der Waals surface area contributed by atoms with Crippen LogP contribution in [0.3, 0.4) is 0 Å². The molecule has 1 saturated carbocycles. The maximum atomic E-state index is 12.4.